The Bertz CT molecular complexity index is 467. The van der Waals surface area contributed by atoms with Gasteiger partial charge in [0.15, 0.2) is 5.84 Å². The summed E-state index contributed by atoms with van der Waals surface area (Å²) in [6.45, 7) is 2.83. The van der Waals surface area contributed by atoms with E-state index in [9.17, 15) is 0 Å². The van der Waals surface area contributed by atoms with E-state index < -0.39 is 0 Å². The van der Waals surface area contributed by atoms with Crippen LogP contribution in [0.1, 0.15) is 18.9 Å². The SMILES string of the molecule is CC1OCCC1Sc1cc(Cl)ccc1/C(N)=N/O. The molecule has 2 rings (SSSR count). The van der Waals surface area contributed by atoms with Gasteiger partial charge in [-0.2, -0.15) is 0 Å². The number of oxime groups is 1. The second-order valence-electron chi connectivity index (χ2n) is 4.15. The number of nitrogens with two attached hydrogens (primary N) is 1. The maximum absolute atomic E-state index is 8.79. The molecule has 1 aliphatic heterocycles. The molecular formula is C12H15ClN2O2S. The van der Waals surface area contributed by atoms with Gasteiger partial charge in [-0.05, 0) is 31.5 Å². The zero-order valence-corrected chi connectivity index (χ0v) is 11.5. The first-order chi connectivity index (χ1) is 8.61. The normalized spacial score (nSPS) is 24.4. The van der Waals surface area contributed by atoms with Gasteiger partial charge in [-0.15, -0.1) is 11.8 Å². The van der Waals surface area contributed by atoms with Crippen molar-refractivity contribution >= 4 is 29.2 Å². The number of nitrogens with zero attached hydrogens (tertiary/aromatic N) is 1. The molecule has 1 aromatic rings. The molecule has 18 heavy (non-hydrogen) atoms. The van der Waals surface area contributed by atoms with Crippen molar-refractivity contribution in [1.82, 2.24) is 0 Å². The van der Waals surface area contributed by atoms with Crippen molar-refractivity contribution in [2.45, 2.75) is 29.6 Å². The Kier molecular flexibility index (Phi) is 4.37. The second-order valence-corrected chi connectivity index (χ2v) is 5.86. The predicted octanol–water partition coefficient (Wildman–Crippen LogP) is 2.70. The molecule has 0 radical (unpaired) electrons. The molecule has 0 saturated carbocycles. The van der Waals surface area contributed by atoms with Crippen LogP contribution in [-0.2, 0) is 4.74 Å². The largest absolute Gasteiger partial charge is 0.409 e. The molecule has 1 saturated heterocycles. The minimum Gasteiger partial charge on any atom is -0.409 e. The minimum atomic E-state index is 0.0979. The number of benzene rings is 1. The molecule has 2 unspecified atom stereocenters. The van der Waals surface area contributed by atoms with Crippen LogP contribution < -0.4 is 5.73 Å². The van der Waals surface area contributed by atoms with Crippen LogP contribution in [0, 0.1) is 0 Å². The lowest BCUT2D eigenvalue weighted by Gasteiger charge is -2.16. The molecule has 1 aliphatic rings. The van der Waals surface area contributed by atoms with Gasteiger partial charge in [-0.25, -0.2) is 0 Å². The summed E-state index contributed by atoms with van der Waals surface area (Å²) < 4.78 is 5.53. The quantitative estimate of drug-likeness (QED) is 0.388. The van der Waals surface area contributed by atoms with Gasteiger partial charge in [0.25, 0.3) is 0 Å². The Labute approximate surface area is 115 Å². The summed E-state index contributed by atoms with van der Waals surface area (Å²) >= 11 is 7.66. The molecule has 1 heterocycles. The zero-order chi connectivity index (χ0) is 13.1. The van der Waals surface area contributed by atoms with Crippen LogP contribution in [0.3, 0.4) is 0 Å². The van der Waals surface area contributed by atoms with Crippen molar-refractivity contribution in [2.75, 3.05) is 6.61 Å². The Morgan fingerprint density at radius 1 is 1.61 bits per heavy atom. The average molecular weight is 287 g/mol. The van der Waals surface area contributed by atoms with E-state index in [0.717, 1.165) is 17.9 Å². The molecule has 1 fully saturated rings. The van der Waals surface area contributed by atoms with Crippen molar-refractivity contribution < 1.29 is 9.94 Å². The number of halogens is 1. The summed E-state index contributed by atoms with van der Waals surface area (Å²) in [5.74, 6) is 0.0979. The van der Waals surface area contributed by atoms with Gasteiger partial charge in [0.05, 0.1) is 6.10 Å². The smallest absolute Gasteiger partial charge is 0.171 e. The van der Waals surface area contributed by atoms with Crippen molar-refractivity contribution in [2.24, 2.45) is 10.9 Å². The molecule has 0 spiro atoms. The van der Waals surface area contributed by atoms with Gasteiger partial charge in [0.2, 0.25) is 0 Å². The topological polar surface area (TPSA) is 67.8 Å². The van der Waals surface area contributed by atoms with Gasteiger partial charge >= 0.3 is 0 Å². The Hall–Kier alpha value is -0.910. The van der Waals surface area contributed by atoms with E-state index in [1.807, 2.05) is 6.07 Å². The fourth-order valence-electron chi connectivity index (χ4n) is 1.89. The van der Waals surface area contributed by atoms with E-state index >= 15 is 0 Å². The van der Waals surface area contributed by atoms with E-state index in [2.05, 4.69) is 12.1 Å². The highest BCUT2D eigenvalue weighted by molar-refractivity contribution is 8.00. The predicted molar refractivity (Wildman–Crippen MR) is 73.6 cm³/mol. The minimum absolute atomic E-state index is 0.0979. The van der Waals surface area contributed by atoms with Crippen LogP contribution in [0.25, 0.3) is 0 Å². The lowest BCUT2D eigenvalue weighted by atomic mass is 10.2. The number of hydrogen-bond acceptors (Lipinski definition) is 4. The fraction of sp³-hybridized carbons (Fsp3) is 0.417. The van der Waals surface area contributed by atoms with E-state index in [1.165, 1.54) is 0 Å². The van der Waals surface area contributed by atoms with Crippen LogP contribution in [0.4, 0.5) is 0 Å². The number of rotatable bonds is 3. The first-order valence-corrected chi connectivity index (χ1v) is 6.93. The standard InChI is InChI=1S/C12H15ClN2O2S/c1-7-10(4-5-17-7)18-11-6-8(13)2-3-9(11)12(14)15-16/h2-3,6-7,10,16H,4-5H2,1H3,(H2,14,15). The molecule has 0 aromatic heterocycles. The first kappa shape index (κ1) is 13.5. The molecule has 3 N–H and O–H groups in total. The van der Waals surface area contributed by atoms with E-state index in [0.29, 0.717) is 15.8 Å². The van der Waals surface area contributed by atoms with Crippen molar-refractivity contribution in [3.63, 3.8) is 0 Å². The molecule has 0 aliphatic carbocycles. The van der Waals surface area contributed by atoms with Gasteiger partial charge in [0.1, 0.15) is 0 Å². The Morgan fingerprint density at radius 2 is 2.39 bits per heavy atom. The number of ether oxygens (including phenoxy) is 1. The van der Waals surface area contributed by atoms with Gasteiger partial charge in [-0.1, -0.05) is 16.8 Å². The maximum atomic E-state index is 8.79. The molecule has 6 heteroatoms. The summed E-state index contributed by atoms with van der Waals surface area (Å²) in [5.41, 5.74) is 6.37. The highest BCUT2D eigenvalue weighted by Gasteiger charge is 2.26. The van der Waals surface area contributed by atoms with Crippen LogP contribution >= 0.6 is 23.4 Å². The maximum Gasteiger partial charge on any atom is 0.171 e. The highest BCUT2D eigenvalue weighted by atomic mass is 35.5. The van der Waals surface area contributed by atoms with Crippen molar-refractivity contribution in [3.8, 4) is 0 Å². The van der Waals surface area contributed by atoms with Crippen LogP contribution in [0.2, 0.25) is 5.02 Å². The fourth-order valence-corrected chi connectivity index (χ4v) is 3.43. The Balaban J connectivity index is 2.27. The van der Waals surface area contributed by atoms with E-state index in [-0.39, 0.29) is 11.9 Å². The lowest BCUT2D eigenvalue weighted by molar-refractivity contribution is 0.127. The molecule has 4 nitrogen and oxygen atoms in total. The summed E-state index contributed by atoms with van der Waals surface area (Å²) in [6.07, 6.45) is 1.20. The number of hydrogen-bond donors (Lipinski definition) is 2. The van der Waals surface area contributed by atoms with Gasteiger partial charge in [0, 0.05) is 27.3 Å². The Morgan fingerprint density at radius 3 is 3.00 bits per heavy atom. The molecule has 2 atom stereocenters. The zero-order valence-electron chi connectivity index (χ0n) is 9.97. The number of thioether (sulfide) groups is 1. The number of amidine groups is 1. The third-order valence-electron chi connectivity index (χ3n) is 2.91. The third kappa shape index (κ3) is 2.91. The van der Waals surface area contributed by atoms with E-state index in [4.69, 9.17) is 27.3 Å². The lowest BCUT2D eigenvalue weighted by Crippen LogP contribution is -2.17. The summed E-state index contributed by atoms with van der Waals surface area (Å²) in [6, 6.07) is 5.33. The highest BCUT2D eigenvalue weighted by Crippen LogP contribution is 2.35. The van der Waals surface area contributed by atoms with Crippen LogP contribution in [-0.4, -0.2) is 29.0 Å². The van der Waals surface area contributed by atoms with Gasteiger partial charge in [-0.3, -0.25) is 0 Å². The second kappa shape index (κ2) is 5.82. The van der Waals surface area contributed by atoms with Crippen LogP contribution in [0.15, 0.2) is 28.3 Å². The van der Waals surface area contributed by atoms with E-state index in [1.54, 1.807) is 23.9 Å². The first-order valence-electron chi connectivity index (χ1n) is 5.67. The molecule has 0 amide bonds. The molecule has 1 aromatic carbocycles. The van der Waals surface area contributed by atoms with Crippen molar-refractivity contribution in [1.29, 1.82) is 0 Å². The summed E-state index contributed by atoms with van der Waals surface area (Å²) in [4.78, 5) is 0.917. The summed E-state index contributed by atoms with van der Waals surface area (Å²) in [5, 5.41) is 12.8. The molecular weight excluding hydrogens is 272 g/mol. The monoisotopic (exact) mass is 286 g/mol. The summed E-state index contributed by atoms with van der Waals surface area (Å²) in [7, 11) is 0. The average Bonchev–Trinajstić information content (AvgIpc) is 2.74. The third-order valence-corrected chi connectivity index (χ3v) is 4.66. The van der Waals surface area contributed by atoms with Crippen LogP contribution in [0.5, 0.6) is 0 Å². The molecule has 98 valence electrons. The van der Waals surface area contributed by atoms with Crippen molar-refractivity contribution in [3.05, 3.63) is 28.8 Å². The van der Waals surface area contributed by atoms with Gasteiger partial charge < -0.3 is 15.7 Å². The molecule has 0 bridgehead atoms.